The van der Waals surface area contributed by atoms with Crippen molar-refractivity contribution in [2.24, 2.45) is 0 Å². The minimum Gasteiger partial charge on any atom is -0.463 e. The number of carbonyl (C=O) groups is 2. The van der Waals surface area contributed by atoms with E-state index in [0.29, 0.717) is 11.6 Å². The first-order chi connectivity index (χ1) is 15.6. The van der Waals surface area contributed by atoms with Gasteiger partial charge in [-0.1, -0.05) is 37.3 Å². The Balaban J connectivity index is 2.24. The van der Waals surface area contributed by atoms with Gasteiger partial charge in [0.05, 0.1) is 29.1 Å². The van der Waals surface area contributed by atoms with Gasteiger partial charge in [-0.3, -0.25) is 24.6 Å². The van der Waals surface area contributed by atoms with Gasteiger partial charge in [0, 0.05) is 24.2 Å². The molecule has 33 heavy (non-hydrogen) atoms. The zero-order valence-electron chi connectivity index (χ0n) is 19.9. The molecular formula is C25H33N3O5. The van der Waals surface area contributed by atoms with Gasteiger partial charge in [0.1, 0.15) is 0 Å². The van der Waals surface area contributed by atoms with E-state index in [1.165, 1.54) is 6.07 Å². The monoisotopic (exact) mass is 455 g/mol. The Morgan fingerprint density at radius 2 is 1.70 bits per heavy atom. The van der Waals surface area contributed by atoms with Gasteiger partial charge in [0.15, 0.2) is 0 Å². The van der Waals surface area contributed by atoms with E-state index in [-0.39, 0.29) is 23.8 Å². The fraction of sp³-hybridized carbons (Fsp3) is 0.440. The predicted octanol–water partition coefficient (Wildman–Crippen LogP) is 4.64. The number of amides is 1. The van der Waals surface area contributed by atoms with Crippen LogP contribution in [0.5, 0.6) is 0 Å². The molecule has 0 spiro atoms. The molecule has 2 rings (SSSR count). The van der Waals surface area contributed by atoms with Crippen LogP contribution in [0.2, 0.25) is 0 Å². The number of ether oxygens (including phenoxy) is 1. The van der Waals surface area contributed by atoms with Gasteiger partial charge >= 0.3 is 5.97 Å². The average Bonchev–Trinajstić information content (AvgIpc) is 2.76. The Kier molecular flexibility index (Phi) is 9.54. The van der Waals surface area contributed by atoms with Crippen LogP contribution in [0, 0.1) is 10.1 Å². The van der Waals surface area contributed by atoms with Gasteiger partial charge in [-0.25, -0.2) is 0 Å². The number of esters is 1. The van der Waals surface area contributed by atoms with Crippen LogP contribution in [0.15, 0.2) is 48.5 Å². The number of carbonyl (C=O) groups excluding carboxylic acids is 2. The summed E-state index contributed by atoms with van der Waals surface area (Å²) in [5.41, 5.74) is 1.58. The van der Waals surface area contributed by atoms with E-state index in [0.717, 1.165) is 18.7 Å². The summed E-state index contributed by atoms with van der Waals surface area (Å²) >= 11 is 0. The Bertz CT molecular complexity index is 957. The number of nitro benzene ring substituents is 1. The van der Waals surface area contributed by atoms with E-state index in [1.807, 2.05) is 12.1 Å². The van der Waals surface area contributed by atoms with Crippen molar-refractivity contribution >= 4 is 17.6 Å². The summed E-state index contributed by atoms with van der Waals surface area (Å²) in [5.74, 6) is -0.963. The van der Waals surface area contributed by atoms with Crippen LogP contribution in [-0.4, -0.2) is 40.4 Å². The molecule has 1 unspecified atom stereocenters. The summed E-state index contributed by atoms with van der Waals surface area (Å²) in [4.78, 5) is 38.6. The molecule has 0 radical (unpaired) electrons. The number of nitrogens with one attached hydrogen (secondary N) is 1. The lowest BCUT2D eigenvalue weighted by Crippen LogP contribution is -2.32. The van der Waals surface area contributed by atoms with Crippen LogP contribution in [0.4, 0.5) is 5.69 Å². The smallest absolute Gasteiger partial charge is 0.308 e. The predicted molar refractivity (Wildman–Crippen MR) is 127 cm³/mol. The molecule has 0 aromatic heterocycles. The van der Waals surface area contributed by atoms with Crippen LogP contribution in [-0.2, 0) is 16.1 Å². The van der Waals surface area contributed by atoms with Gasteiger partial charge in [0.2, 0.25) is 0 Å². The van der Waals surface area contributed by atoms with Crippen molar-refractivity contribution in [3.63, 3.8) is 0 Å². The third-order valence-corrected chi connectivity index (χ3v) is 5.29. The molecule has 2 aromatic carbocycles. The molecule has 0 aliphatic rings. The van der Waals surface area contributed by atoms with Crippen molar-refractivity contribution in [1.82, 2.24) is 10.2 Å². The second kappa shape index (κ2) is 12.1. The van der Waals surface area contributed by atoms with Crippen molar-refractivity contribution in [2.75, 3.05) is 6.54 Å². The lowest BCUT2D eigenvalue weighted by Gasteiger charge is -2.24. The fourth-order valence-corrected chi connectivity index (χ4v) is 3.56. The van der Waals surface area contributed by atoms with Gasteiger partial charge in [-0.2, -0.15) is 0 Å². The van der Waals surface area contributed by atoms with Gasteiger partial charge in [-0.05, 0) is 51.9 Å². The summed E-state index contributed by atoms with van der Waals surface area (Å²) in [6, 6.07) is 12.8. The van der Waals surface area contributed by atoms with E-state index in [1.54, 1.807) is 44.2 Å². The van der Waals surface area contributed by atoms with E-state index in [4.69, 9.17) is 4.74 Å². The molecule has 0 saturated carbocycles. The maximum absolute atomic E-state index is 13.0. The lowest BCUT2D eigenvalue weighted by molar-refractivity contribution is -0.385. The molecule has 8 heteroatoms. The molecule has 1 atom stereocenters. The first kappa shape index (κ1) is 26.0. The largest absolute Gasteiger partial charge is 0.463 e. The third-order valence-electron chi connectivity index (χ3n) is 5.29. The van der Waals surface area contributed by atoms with Crippen molar-refractivity contribution in [3.05, 3.63) is 75.3 Å². The topological polar surface area (TPSA) is 102 Å². The Hall–Kier alpha value is -3.26. The number of para-hydroxylation sites is 1. The number of hydrogen-bond acceptors (Lipinski definition) is 6. The SMILES string of the molecule is CCN(Cc1ccc(C(=O)NC(CC(=O)OC(C)C)c2ccccc2[N+](=O)[O-])cc1)C(C)C. The molecule has 0 fully saturated rings. The van der Waals surface area contributed by atoms with Crippen molar-refractivity contribution < 1.29 is 19.2 Å². The zero-order chi connectivity index (χ0) is 24.5. The van der Waals surface area contributed by atoms with Crippen LogP contribution in [0.1, 0.15) is 68.6 Å². The number of rotatable bonds is 11. The average molecular weight is 456 g/mol. The van der Waals surface area contributed by atoms with Crippen LogP contribution < -0.4 is 5.32 Å². The molecule has 0 aliphatic heterocycles. The number of hydrogen-bond donors (Lipinski definition) is 1. The molecule has 1 amide bonds. The van der Waals surface area contributed by atoms with E-state index in [9.17, 15) is 19.7 Å². The van der Waals surface area contributed by atoms with Crippen LogP contribution in [0.25, 0.3) is 0 Å². The first-order valence-corrected chi connectivity index (χ1v) is 11.2. The highest BCUT2D eigenvalue weighted by molar-refractivity contribution is 5.94. The van der Waals surface area contributed by atoms with Gasteiger partial charge in [0.25, 0.3) is 11.6 Å². The Morgan fingerprint density at radius 3 is 2.24 bits per heavy atom. The summed E-state index contributed by atoms with van der Waals surface area (Å²) in [6.07, 6.45) is -0.548. The highest BCUT2D eigenvalue weighted by Crippen LogP contribution is 2.28. The number of nitrogens with zero attached hydrogens (tertiary/aromatic N) is 2. The zero-order valence-corrected chi connectivity index (χ0v) is 19.9. The molecule has 0 saturated heterocycles. The second-order valence-electron chi connectivity index (χ2n) is 8.44. The first-order valence-electron chi connectivity index (χ1n) is 11.2. The van der Waals surface area contributed by atoms with E-state index in [2.05, 4.69) is 31.0 Å². The summed E-state index contributed by atoms with van der Waals surface area (Å²) in [6.45, 7) is 11.5. The van der Waals surface area contributed by atoms with Crippen molar-refractivity contribution in [2.45, 2.75) is 65.8 Å². The quantitative estimate of drug-likeness (QED) is 0.301. The van der Waals surface area contributed by atoms with E-state index < -0.39 is 22.8 Å². The molecule has 0 aliphatic carbocycles. The summed E-state index contributed by atoms with van der Waals surface area (Å²) in [5, 5.41) is 14.3. The van der Waals surface area contributed by atoms with Crippen molar-refractivity contribution in [3.8, 4) is 0 Å². The van der Waals surface area contributed by atoms with Gasteiger partial charge in [-0.15, -0.1) is 0 Å². The molecular weight excluding hydrogens is 422 g/mol. The molecule has 0 heterocycles. The molecule has 2 aromatic rings. The van der Waals surface area contributed by atoms with Gasteiger partial charge < -0.3 is 10.1 Å². The van der Waals surface area contributed by atoms with Crippen LogP contribution >= 0.6 is 0 Å². The highest BCUT2D eigenvalue weighted by atomic mass is 16.6. The summed E-state index contributed by atoms with van der Waals surface area (Å²) in [7, 11) is 0. The van der Waals surface area contributed by atoms with E-state index >= 15 is 0 Å². The third kappa shape index (κ3) is 7.68. The van der Waals surface area contributed by atoms with Crippen LogP contribution in [0.3, 0.4) is 0 Å². The lowest BCUT2D eigenvalue weighted by atomic mass is 10.0. The summed E-state index contributed by atoms with van der Waals surface area (Å²) < 4.78 is 5.21. The van der Waals surface area contributed by atoms with Crippen molar-refractivity contribution in [1.29, 1.82) is 0 Å². The minimum absolute atomic E-state index is 0.163. The molecule has 1 N–H and O–H groups in total. The fourth-order valence-electron chi connectivity index (χ4n) is 3.56. The normalized spacial score (nSPS) is 12.1. The molecule has 178 valence electrons. The number of nitro groups is 1. The standard InChI is InChI=1S/C25H33N3O5/c1-6-27(17(2)3)16-19-11-13-20(14-12-19)25(30)26-22(15-24(29)33-18(4)5)21-9-7-8-10-23(21)28(31)32/h7-14,17-18,22H,6,15-16H2,1-5H3,(H,26,30). The maximum atomic E-state index is 13.0. The number of benzene rings is 2. The Morgan fingerprint density at radius 1 is 1.06 bits per heavy atom. The second-order valence-corrected chi connectivity index (χ2v) is 8.44. The maximum Gasteiger partial charge on any atom is 0.308 e. The Labute approximate surface area is 195 Å². The molecule has 0 bridgehead atoms. The minimum atomic E-state index is -0.901. The highest BCUT2D eigenvalue weighted by Gasteiger charge is 2.27. The molecule has 8 nitrogen and oxygen atoms in total.